The Labute approximate surface area is 135 Å². The quantitative estimate of drug-likeness (QED) is 0.879. The fourth-order valence-electron chi connectivity index (χ4n) is 1.71. The van der Waals surface area contributed by atoms with Crippen LogP contribution in [0.1, 0.15) is 5.56 Å². The second-order valence-corrected chi connectivity index (χ2v) is 5.12. The molecule has 2 N–H and O–H groups in total. The fourth-order valence-corrected chi connectivity index (χ4v) is 2.16. The van der Waals surface area contributed by atoms with Gasteiger partial charge in [0.05, 0.1) is 12.9 Å². The standard InChI is InChI=1S/C12H13BrFN5O.ClH/c1-8-2-10(13)5-16-11(8)18-7-17-19(12(18)20)6-9(3-14)4-15;/h2-3,5,7H,4,6,15H2,1H3;1H/b9-3-;. The van der Waals surface area contributed by atoms with E-state index >= 15 is 0 Å². The number of hydrogen-bond donors (Lipinski definition) is 1. The summed E-state index contributed by atoms with van der Waals surface area (Å²) in [5, 5.41) is 3.94. The van der Waals surface area contributed by atoms with Crippen LogP contribution in [-0.2, 0) is 6.54 Å². The molecule has 0 amide bonds. The Kier molecular flexibility index (Phi) is 6.25. The normalized spacial score (nSPS) is 11.3. The maximum absolute atomic E-state index is 12.5. The minimum Gasteiger partial charge on any atom is -0.327 e. The Morgan fingerprint density at radius 3 is 2.86 bits per heavy atom. The summed E-state index contributed by atoms with van der Waals surface area (Å²) < 4.78 is 15.8. The SMILES string of the molecule is Cc1cc(Br)cnc1-n1cnn(C/C(=C\F)CN)c1=O.Cl. The molecule has 0 atom stereocenters. The Morgan fingerprint density at radius 2 is 2.29 bits per heavy atom. The van der Waals surface area contributed by atoms with Gasteiger partial charge in [-0.25, -0.2) is 23.4 Å². The summed E-state index contributed by atoms with van der Waals surface area (Å²) in [6, 6.07) is 1.85. The summed E-state index contributed by atoms with van der Waals surface area (Å²) in [6.45, 7) is 1.89. The van der Waals surface area contributed by atoms with Crippen molar-refractivity contribution >= 4 is 28.3 Å². The molecule has 2 heterocycles. The molecule has 0 radical (unpaired) electrons. The summed E-state index contributed by atoms with van der Waals surface area (Å²) in [4.78, 5) is 16.4. The van der Waals surface area contributed by atoms with E-state index in [2.05, 4.69) is 26.0 Å². The van der Waals surface area contributed by atoms with E-state index in [4.69, 9.17) is 5.73 Å². The smallest absolute Gasteiger partial charge is 0.327 e. The first kappa shape index (κ1) is 17.5. The zero-order valence-electron chi connectivity index (χ0n) is 11.2. The van der Waals surface area contributed by atoms with Crippen LogP contribution in [0.4, 0.5) is 4.39 Å². The molecule has 0 spiro atoms. The van der Waals surface area contributed by atoms with Crippen LogP contribution in [0.15, 0.2) is 39.8 Å². The van der Waals surface area contributed by atoms with Crippen LogP contribution in [0, 0.1) is 6.92 Å². The number of hydrogen-bond acceptors (Lipinski definition) is 4. The van der Waals surface area contributed by atoms with E-state index in [9.17, 15) is 9.18 Å². The van der Waals surface area contributed by atoms with Crippen molar-refractivity contribution in [3.05, 3.63) is 51.0 Å². The van der Waals surface area contributed by atoms with Gasteiger partial charge in [-0.2, -0.15) is 5.10 Å². The van der Waals surface area contributed by atoms with Gasteiger partial charge in [0.15, 0.2) is 0 Å². The second-order valence-electron chi connectivity index (χ2n) is 4.21. The molecule has 0 aliphatic heterocycles. The Balaban J connectivity index is 0.00000220. The van der Waals surface area contributed by atoms with Crippen molar-refractivity contribution in [3.63, 3.8) is 0 Å². The molecule has 21 heavy (non-hydrogen) atoms. The van der Waals surface area contributed by atoms with Crippen molar-refractivity contribution in [2.24, 2.45) is 5.73 Å². The molecule has 2 rings (SSSR count). The molecule has 2 aromatic heterocycles. The molecule has 2 aromatic rings. The van der Waals surface area contributed by atoms with Gasteiger partial charge in [-0.3, -0.25) is 0 Å². The van der Waals surface area contributed by atoms with Crippen molar-refractivity contribution in [1.29, 1.82) is 0 Å². The Bertz CT molecular complexity index is 712. The maximum atomic E-state index is 12.5. The van der Waals surface area contributed by atoms with Gasteiger partial charge < -0.3 is 5.73 Å². The van der Waals surface area contributed by atoms with E-state index < -0.39 is 5.69 Å². The minimum atomic E-state index is -0.393. The minimum absolute atomic E-state index is 0. The monoisotopic (exact) mass is 377 g/mol. The van der Waals surface area contributed by atoms with Crippen LogP contribution in [0.3, 0.4) is 0 Å². The lowest BCUT2D eigenvalue weighted by atomic mass is 10.3. The van der Waals surface area contributed by atoms with Crippen LogP contribution in [0.25, 0.3) is 5.82 Å². The summed E-state index contributed by atoms with van der Waals surface area (Å²) in [5.41, 5.74) is 6.08. The van der Waals surface area contributed by atoms with Crippen molar-refractivity contribution in [2.75, 3.05) is 6.54 Å². The molecule has 114 valence electrons. The third-order valence-electron chi connectivity index (χ3n) is 2.75. The van der Waals surface area contributed by atoms with Crippen LogP contribution >= 0.6 is 28.3 Å². The number of aromatic nitrogens is 4. The first-order valence-corrected chi connectivity index (χ1v) is 6.61. The summed E-state index contributed by atoms with van der Waals surface area (Å²) in [5.74, 6) is 0.489. The van der Waals surface area contributed by atoms with E-state index in [1.807, 2.05) is 13.0 Å². The molecule has 0 aromatic carbocycles. The average molecular weight is 379 g/mol. The summed E-state index contributed by atoms with van der Waals surface area (Å²) in [6.07, 6.45) is 3.35. The van der Waals surface area contributed by atoms with E-state index in [-0.39, 0.29) is 31.1 Å². The molecule has 0 aliphatic rings. The highest BCUT2D eigenvalue weighted by Gasteiger charge is 2.11. The van der Waals surface area contributed by atoms with Crippen LogP contribution in [0.5, 0.6) is 0 Å². The van der Waals surface area contributed by atoms with Crippen molar-refractivity contribution in [1.82, 2.24) is 19.3 Å². The highest BCUT2D eigenvalue weighted by atomic mass is 79.9. The molecule has 0 saturated heterocycles. The van der Waals surface area contributed by atoms with Gasteiger partial charge in [-0.1, -0.05) is 0 Å². The van der Waals surface area contributed by atoms with Crippen LogP contribution < -0.4 is 11.4 Å². The van der Waals surface area contributed by atoms with E-state index in [1.54, 1.807) is 6.20 Å². The van der Waals surface area contributed by atoms with Gasteiger partial charge in [0.25, 0.3) is 0 Å². The molecule has 0 aliphatic carbocycles. The predicted molar refractivity (Wildman–Crippen MR) is 83.5 cm³/mol. The highest BCUT2D eigenvalue weighted by Crippen LogP contribution is 2.14. The molecule has 6 nitrogen and oxygen atoms in total. The lowest BCUT2D eigenvalue weighted by molar-refractivity contribution is 0.612. The third kappa shape index (κ3) is 3.78. The van der Waals surface area contributed by atoms with Crippen molar-refractivity contribution in [3.8, 4) is 5.82 Å². The van der Waals surface area contributed by atoms with Gasteiger partial charge >= 0.3 is 5.69 Å². The van der Waals surface area contributed by atoms with Crippen molar-refractivity contribution in [2.45, 2.75) is 13.5 Å². The van der Waals surface area contributed by atoms with E-state index in [0.717, 1.165) is 14.7 Å². The number of halogens is 3. The van der Waals surface area contributed by atoms with Gasteiger partial charge in [0.1, 0.15) is 12.1 Å². The van der Waals surface area contributed by atoms with Gasteiger partial charge in [-0.15, -0.1) is 12.4 Å². The fraction of sp³-hybridized carbons (Fsp3) is 0.250. The van der Waals surface area contributed by atoms with Gasteiger partial charge in [0.2, 0.25) is 0 Å². The third-order valence-corrected chi connectivity index (χ3v) is 3.18. The lowest BCUT2D eigenvalue weighted by Gasteiger charge is -2.04. The molecule has 0 bridgehead atoms. The lowest BCUT2D eigenvalue weighted by Crippen LogP contribution is -2.26. The van der Waals surface area contributed by atoms with Crippen LogP contribution in [0.2, 0.25) is 0 Å². The first-order valence-electron chi connectivity index (χ1n) is 5.82. The molecular formula is C12H14BrClFN5O. The zero-order chi connectivity index (χ0) is 14.7. The maximum Gasteiger partial charge on any atom is 0.351 e. The number of nitrogens with zero attached hydrogens (tertiary/aromatic N) is 4. The molecule has 0 fully saturated rings. The molecule has 9 heteroatoms. The Morgan fingerprint density at radius 1 is 1.57 bits per heavy atom. The summed E-state index contributed by atoms with van der Waals surface area (Å²) >= 11 is 3.31. The molecule has 0 saturated carbocycles. The Hall–Kier alpha value is -1.51. The highest BCUT2D eigenvalue weighted by molar-refractivity contribution is 9.10. The van der Waals surface area contributed by atoms with Gasteiger partial charge in [-0.05, 0) is 40.1 Å². The van der Waals surface area contributed by atoms with Gasteiger partial charge in [0, 0.05) is 17.2 Å². The molecule has 0 unspecified atom stereocenters. The average Bonchev–Trinajstić information content (AvgIpc) is 2.77. The predicted octanol–water partition coefficient (Wildman–Crippen LogP) is 1.73. The largest absolute Gasteiger partial charge is 0.351 e. The number of aryl methyl sites for hydroxylation is 1. The summed E-state index contributed by atoms with van der Waals surface area (Å²) in [7, 11) is 0. The number of nitrogens with two attached hydrogens (primary N) is 1. The topological polar surface area (TPSA) is 78.7 Å². The first-order chi connectivity index (χ1) is 9.56. The molecular weight excluding hydrogens is 365 g/mol. The number of rotatable bonds is 4. The van der Waals surface area contributed by atoms with E-state index in [1.165, 1.54) is 10.9 Å². The number of pyridine rings is 1. The zero-order valence-corrected chi connectivity index (χ0v) is 13.6. The van der Waals surface area contributed by atoms with Crippen molar-refractivity contribution < 1.29 is 4.39 Å². The van der Waals surface area contributed by atoms with E-state index in [0.29, 0.717) is 12.1 Å². The van der Waals surface area contributed by atoms with Crippen LogP contribution in [-0.4, -0.2) is 25.9 Å². The second kappa shape index (κ2) is 7.48.